The van der Waals surface area contributed by atoms with Crippen LogP contribution in [0.25, 0.3) is 0 Å². The molecule has 1 aromatic rings. The zero-order valence-electron chi connectivity index (χ0n) is 14.4. The van der Waals surface area contributed by atoms with Gasteiger partial charge in [0.05, 0.1) is 12.0 Å². The topological polar surface area (TPSA) is 49.9 Å². The van der Waals surface area contributed by atoms with Crippen molar-refractivity contribution in [3.8, 4) is 5.75 Å². The molecule has 128 valence electrons. The number of rotatable bonds is 3. The van der Waals surface area contributed by atoms with Gasteiger partial charge >= 0.3 is 0 Å². The number of hydrogen-bond acceptors (Lipinski definition) is 4. The van der Waals surface area contributed by atoms with Crippen molar-refractivity contribution < 1.29 is 13.2 Å². The van der Waals surface area contributed by atoms with Gasteiger partial charge in [0.25, 0.3) is 0 Å². The minimum Gasteiger partial charge on any atom is -0.496 e. The van der Waals surface area contributed by atoms with E-state index in [-0.39, 0.29) is 6.04 Å². The molecule has 6 heteroatoms. The molecule has 0 spiro atoms. The number of methoxy groups -OCH3 is 1. The molecule has 3 fully saturated rings. The highest BCUT2D eigenvalue weighted by atomic mass is 32.2. The van der Waals surface area contributed by atoms with Crippen molar-refractivity contribution in [1.29, 1.82) is 0 Å². The minimum absolute atomic E-state index is 0.0893. The van der Waals surface area contributed by atoms with Gasteiger partial charge in [0, 0.05) is 25.7 Å². The number of likely N-dealkylation sites (N-methyl/N-ethyl adjacent to an activating group) is 1. The highest BCUT2D eigenvalue weighted by Crippen LogP contribution is 2.34. The largest absolute Gasteiger partial charge is 0.496 e. The second kappa shape index (κ2) is 6.07. The fourth-order valence-electron chi connectivity index (χ4n) is 4.08. The van der Waals surface area contributed by atoms with Gasteiger partial charge in [0.15, 0.2) is 0 Å². The molecule has 23 heavy (non-hydrogen) atoms. The lowest BCUT2D eigenvalue weighted by Crippen LogP contribution is -2.47. The molecule has 5 nitrogen and oxygen atoms in total. The molecule has 3 aliphatic heterocycles. The predicted octanol–water partition coefficient (Wildman–Crippen LogP) is 2.03. The fraction of sp³-hybridized carbons (Fsp3) is 0.647. The molecule has 0 amide bonds. The third-order valence-electron chi connectivity index (χ3n) is 5.09. The van der Waals surface area contributed by atoms with Crippen molar-refractivity contribution in [2.45, 2.75) is 37.6 Å². The van der Waals surface area contributed by atoms with Gasteiger partial charge in [0.1, 0.15) is 5.75 Å². The van der Waals surface area contributed by atoms with Crippen molar-refractivity contribution in [2.75, 3.05) is 33.8 Å². The van der Waals surface area contributed by atoms with Crippen LogP contribution in [0, 0.1) is 19.8 Å². The number of benzene rings is 1. The molecule has 1 aromatic carbocycles. The molecule has 3 aliphatic rings. The zero-order chi connectivity index (χ0) is 16.8. The lowest BCUT2D eigenvalue weighted by atomic mass is 9.97. The van der Waals surface area contributed by atoms with Crippen LogP contribution in [0.5, 0.6) is 5.75 Å². The summed E-state index contributed by atoms with van der Waals surface area (Å²) < 4.78 is 33.5. The Labute approximate surface area is 139 Å². The average Bonchev–Trinajstić information content (AvgIpc) is 2.75. The number of sulfonamides is 1. The Balaban J connectivity index is 1.99. The average molecular weight is 338 g/mol. The van der Waals surface area contributed by atoms with Gasteiger partial charge in [0.2, 0.25) is 10.0 Å². The van der Waals surface area contributed by atoms with E-state index in [1.807, 2.05) is 13.8 Å². The first-order chi connectivity index (χ1) is 10.8. The molecular formula is C17H26N2O3S. The lowest BCUT2D eigenvalue weighted by molar-refractivity contribution is 0.229. The second-order valence-corrected chi connectivity index (χ2v) is 8.87. The van der Waals surface area contributed by atoms with Gasteiger partial charge in [-0.1, -0.05) is 0 Å². The molecule has 4 rings (SSSR count). The summed E-state index contributed by atoms with van der Waals surface area (Å²) in [5, 5.41) is 0. The van der Waals surface area contributed by atoms with Crippen LogP contribution >= 0.6 is 0 Å². The standard InChI is InChI=1S/C17H26N2O3S/c1-12-7-16(8-13(2)17(12)22-4)23(20,21)19-10-14-5-6-15(19)11-18(3)9-14/h7-8,14-15H,5-6,9-11H2,1-4H3/t14-,15+/m0/s1. The summed E-state index contributed by atoms with van der Waals surface area (Å²) in [7, 11) is 0.246. The van der Waals surface area contributed by atoms with Gasteiger partial charge < -0.3 is 9.64 Å². The molecule has 0 unspecified atom stereocenters. The van der Waals surface area contributed by atoms with Crippen LogP contribution in [-0.2, 0) is 10.0 Å². The van der Waals surface area contributed by atoms with Crippen molar-refractivity contribution >= 4 is 10.0 Å². The highest BCUT2D eigenvalue weighted by Gasteiger charge is 2.40. The third kappa shape index (κ3) is 2.99. The number of piperidine rings is 1. The van der Waals surface area contributed by atoms with Crippen molar-refractivity contribution in [3.05, 3.63) is 23.3 Å². The summed E-state index contributed by atoms with van der Waals surface area (Å²) >= 11 is 0. The molecule has 0 aliphatic carbocycles. The van der Waals surface area contributed by atoms with Crippen molar-refractivity contribution in [1.82, 2.24) is 9.21 Å². The summed E-state index contributed by atoms with van der Waals surface area (Å²) in [6.45, 7) is 6.24. The smallest absolute Gasteiger partial charge is 0.243 e. The number of nitrogens with zero attached hydrogens (tertiary/aromatic N) is 2. The molecule has 2 bridgehead atoms. The Morgan fingerprint density at radius 2 is 1.74 bits per heavy atom. The second-order valence-electron chi connectivity index (χ2n) is 6.98. The van der Waals surface area contributed by atoms with E-state index in [2.05, 4.69) is 11.9 Å². The van der Waals surface area contributed by atoms with Crippen LogP contribution < -0.4 is 4.74 Å². The van der Waals surface area contributed by atoms with Crippen LogP contribution in [0.15, 0.2) is 17.0 Å². The maximum Gasteiger partial charge on any atom is 0.243 e. The van der Waals surface area contributed by atoms with E-state index >= 15 is 0 Å². The lowest BCUT2D eigenvalue weighted by Gasteiger charge is -2.35. The van der Waals surface area contributed by atoms with E-state index in [0.717, 1.165) is 42.8 Å². The van der Waals surface area contributed by atoms with Crippen LogP contribution in [0.1, 0.15) is 24.0 Å². The van der Waals surface area contributed by atoms with E-state index < -0.39 is 10.0 Å². The van der Waals surface area contributed by atoms with E-state index in [1.54, 1.807) is 23.5 Å². The van der Waals surface area contributed by atoms with Crippen molar-refractivity contribution in [2.24, 2.45) is 5.92 Å². The molecule has 0 aromatic heterocycles. The molecule has 3 saturated heterocycles. The maximum absolute atomic E-state index is 13.2. The Morgan fingerprint density at radius 1 is 1.09 bits per heavy atom. The first kappa shape index (κ1) is 16.7. The van der Waals surface area contributed by atoms with E-state index in [9.17, 15) is 8.42 Å². The number of ether oxygens (including phenoxy) is 1. The van der Waals surface area contributed by atoms with E-state index in [1.165, 1.54) is 0 Å². The Hall–Kier alpha value is -1.11. The summed E-state index contributed by atoms with van der Waals surface area (Å²) in [6.07, 6.45) is 2.09. The normalized spacial score (nSPS) is 26.3. The first-order valence-corrected chi connectivity index (χ1v) is 9.62. The fourth-order valence-corrected chi connectivity index (χ4v) is 5.98. The van der Waals surface area contributed by atoms with Gasteiger partial charge in [-0.25, -0.2) is 8.42 Å². The van der Waals surface area contributed by atoms with E-state index in [0.29, 0.717) is 17.4 Å². The maximum atomic E-state index is 13.2. The van der Waals surface area contributed by atoms with Crippen LogP contribution in [0.4, 0.5) is 0 Å². The van der Waals surface area contributed by atoms with Crippen LogP contribution in [-0.4, -0.2) is 57.5 Å². The first-order valence-electron chi connectivity index (χ1n) is 8.18. The molecule has 0 N–H and O–H groups in total. The Bertz CT molecular complexity index is 679. The quantitative estimate of drug-likeness (QED) is 0.846. The molecule has 2 atom stereocenters. The van der Waals surface area contributed by atoms with Crippen molar-refractivity contribution in [3.63, 3.8) is 0 Å². The highest BCUT2D eigenvalue weighted by molar-refractivity contribution is 7.89. The summed E-state index contributed by atoms with van der Waals surface area (Å²) in [5.41, 5.74) is 1.73. The number of hydrogen-bond donors (Lipinski definition) is 0. The third-order valence-corrected chi connectivity index (χ3v) is 6.99. The van der Waals surface area contributed by atoms with Crippen LogP contribution in [0.2, 0.25) is 0 Å². The van der Waals surface area contributed by atoms with Gasteiger partial charge in [-0.15, -0.1) is 0 Å². The molecule has 0 radical (unpaired) electrons. The number of fused-ring (bicyclic) bond motifs is 4. The molecule has 0 saturated carbocycles. The zero-order valence-corrected chi connectivity index (χ0v) is 15.2. The summed E-state index contributed by atoms with van der Waals surface area (Å²) in [5.74, 6) is 1.20. The Kier molecular flexibility index (Phi) is 4.42. The summed E-state index contributed by atoms with van der Waals surface area (Å²) in [6, 6.07) is 3.57. The van der Waals surface area contributed by atoms with Gasteiger partial charge in [-0.05, 0) is 62.9 Å². The number of aryl methyl sites for hydroxylation is 2. The van der Waals surface area contributed by atoms with Gasteiger partial charge in [-0.3, -0.25) is 0 Å². The predicted molar refractivity (Wildman–Crippen MR) is 90.4 cm³/mol. The SMILES string of the molecule is COc1c(C)cc(S(=O)(=O)N2C[C@H]3CC[C@@H]2CN(C)C3)cc1C. The molecule has 3 heterocycles. The summed E-state index contributed by atoms with van der Waals surface area (Å²) in [4.78, 5) is 2.66. The monoisotopic (exact) mass is 338 g/mol. The molecular weight excluding hydrogens is 312 g/mol. The van der Waals surface area contributed by atoms with Crippen LogP contribution in [0.3, 0.4) is 0 Å². The van der Waals surface area contributed by atoms with Gasteiger partial charge in [-0.2, -0.15) is 4.31 Å². The minimum atomic E-state index is -3.46. The van der Waals surface area contributed by atoms with E-state index in [4.69, 9.17) is 4.74 Å². The Morgan fingerprint density at radius 3 is 2.35 bits per heavy atom.